The van der Waals surface area contributed by atoms with Crippen LogP contribution in [0.4, 0.5) is 14.0 Å². The number of hydrogen-bond donors (Lipinski definition) is 1. The maximum atomic E-state index is 15.1. The van der Waals surface area contributed by atoms with Crippen LogP contribution in [0, 0.1) is 5.82 Å². The van der Waals surface area contributed by atoms with Crippen LogP contribution >= 0.6 is 0 Å². The molecule has 6 nitrogen and oxygen atoms in total. The van der Waals surface area contributed by atoms with Crippen LogP contribution in [0.2, 0.25) is 0 Å². The van der Waals surface area contributed by atoms with E-state index in [1.54, 1.807) is 53.7 Å². The van der Waals surface area contributed by atoms with Crippen molar-refractivity contribution in [3.8, 4) is 11.1 Å². The summed E-state index contributed by atoms with van der Waals surface area (Å²) >= 11 is 0. The van der Waals surface area contributed by atoms with Crippen LogP contribution in [0.1, 0.15) is 47.1 Å². The lowest BCUT2D eigenvalue weighted by molar-refractivity contribution is -0.0230. The van der Waals surface area contributed by atoms with Crippen LogP contribution in [0.3, 0.4) is 0 Å². The number of alkyl carbamates (subject to hydrolysis) is 1. The van der Waals surface area contributed by atoms with E-state index in [0.717, 1.165) is 5.56 Å². The summed E-state index contributed by atoms with van der Waals surface area (Å²) in [4.78, 5) is 26.5. The molecule has 2 aromatic rings. The maximum absolute atomic E-state index is 15.1. The Morgan fingerprint density at radius 3 is 2.06 bits per heavy atom. The van der Waals surface area contributed by atoms with E-state index in [-0.39, 0.29) is 13.1 Å². The van der Waals surface area contributed by atoms with Crippen molar-refractivity contribution >= 4 is 12.2 Å². The van der Waals surface area contributed by atoms with Crippen molar-refractivity contribution in [1.29, 1.82) is 0 Å². The highest BCUT2D eigenvalue weighted by Crippen LogP contribution is 2.36. The first-order chi connectivity index (χ1) is 14.8. The normalized spacial score (nSPS) is 15.5. The third-order valence-electron chi connectivity index (χ3n) is 4.92. The summed E-state index contributed by atoms with van der Waals surface area (Å²) in [5.41, 5.74) is -0.533. The molecule has 2 amide bonds. The van der Waals surface area contributed by atoms with Gasteiger partial charge in [0.25, 0.3) is 0 Å². The number of likely N-dealkylation sites (tertiary alicyclic amines) is 1. The molecule has 0 unspecified atom stereocenters. The average Bonchev–Trinajstić information content (AvgIpc) is 2.62. The molecule has 32 heavy (non-hydrogen) atoms. The van der Waals surface area contributed by atoms with E-state index in [9.17, 15) is 9.59 Å². The third-order valence-corrected chi connectivity index (χ3v) is 4.92. The number of hydrogen-bond acceptors (Lipinski definition) is 4. The fraction of sp³-hybridized carbons (Fsp3) is 0.440. The van der Waals surface area contributed by atoms with E-state index >= 15 is 4.39 Å². The second kappa shape index (κ2) is 8.45. The van der Waals surface area contributed by atoms with Crippen molar-refractivity contribution in [3.05, 3.63) is 59.9 Å². The van der Waals surface area contributed by atoms with Gasteiger partial charge in [-0.1, -0.05) is 42.5 Å². The zero-order valence-electron chi connectivity index (χ0n) is 19.5. The van der Waals surface area contributed by atoms with Gasteiger partial charge < -0.3 is 19.7 Å². The highest BCUT2D eigenvalue weighted by Gasteiger charge is 2.50. The van der Waals surface area contributed by atoms with Gasteiger partial charge in [0.1, 0.15) is 22.6 Å². The fourth-order valence-corrected chi connectivity index (χ4v) is 3.56. The van der Waals surface area contributed by atoms with E-state index in [1.165, 1.54) is 11.0 Å². The van der Waals surface area contributed by atoms with Crippen molar-refractivity contribution in [2.24, 2.45) is 0 Å². The van der Waals surface area contributed by atoms with Crippen LogP contribution < -0.4 is 5.32 Å². The summed E-state index contributed by atoms with van der Waals surface area (Å²) in [6.45, 7) is 10.9. The van der Waals surface area contributed by atoms with Gasteiger partial charge in [0.15, 0.2) is 0 Å². The number of benzene rings is 2. The van der Waals surface area contributed by atoms with Gasteiger partial charge in [-0.3, -0.25) is 0 Å². The molecule has 0 aromatic heterocycles. The minimum Gasteiger partial charge on any atom is -0.444 e. The number of halogens is 1. The summed E-state index contributed by atoms with van der Waals surface area (Å²) in [6.07, 6.45) is -1.12. The van der Waals surface area contributed by atoms with Gasteiger partial charge in [0.2, 0.25) is 0 Å². The zero-order chi connectivity index (χ0) is 23.7. The van der Waals surface area contributed by atoms with E-state index in [4.69, 9.17) is 9.47 Å². The molecule has 0 aliphatic carbocycles. The third kappa shape index (κ3) is 5.58. The first-order valence-electron chi connectivity index (χ1n) is 10.6. The number of carbonyl (C=O) groups is 2. The van der Waals surface area contributed by atoms with Crippen molar-refractivity contribution in [3.63, 3.8) is 0 Å². The van der Waals surface area contributed by atoms with Crippen LogP contribution in [-0.2, 0) is 15.0 Å². The molecule has 1 aliphatic rings. The van der Waals surface area contributed by atoms with Crippen molar-refractivity contribution in [1.82, 2.24) is 10.2 Å². The second-order valence-electron chi connectivity index (χ2n) is 10.1. The van der Waals surface area contributed by atoms with Crippen molar-refractivity contribution < 1.29 is 23.5 Å². The molecule has 0 saturated carbocycles. The topological polar surface area (TPSA) is 67.9 Å². The molecule has 1 heterocycles. The number of ether oxygens (including phenoxy) is 2. The van der Waals surface area contributed by atoms with Crippen molar-refractivity contribution in [2.75, 3.05) is 13.1 Å². The van der Waals surface area contributed by atoms with Gasteiger partial charge in [-0.25, -0.2) is 14.0 Å². The van der Waals surface area contributed by atoms with Crippen LogP contribution in [-0.4, -0.2) is 41.4 Å². The SMILES string of the molecule is CC(C)(C)OC(=O)NC1(c2ccc(-c3ccccc3)c(F)c2)CN(C(=O)OC(C)(C)C)C1. The van der Waals surface area contributed by atoms with Gasteiger partial charge >= 0.3 is 12.2 Å². The van der Waals surface area contributed by atoms with Crippen LogP contribution in [0.5, 0.6) is 0 Å². The number of amides is 2. The molecule has 1 fully saturated rings. The molecule has 0 bridgehead atoms. The Morgan fingerprint density at radius 2 is 1.53 bits per heavy atom. The van der Waals surface area contributed by atoms with Crippen LogP contribution in [0.25, 0.3) is 11.1 Å². The first kappa shape index (κ1) is 23.6. The average molecular weight is 443 g/mol. The Hall–Kier alpha value is -3.09. The van der Waals surface area contributed by atoms with Gasteiger partial charge in [0.05, 0.1) is 13.1 Å². The molecule has 1 aliphatic heterocycles. The van der Waals surface area contributed by atoms with Gasteiger partial charge in [0, 0.05) is 5.56 Å². The minimum atomic E-state index is -0.977. The largest absolute Gasteiger partial charge is 0.444 e. The molecule has 2 aromatic carbocycles. The lowest BCUT2D eigenvalue weighted by Gasteiger charge is -2.50. The summed E-state index contributed by atoms with van der Waals surface area (Å²) in [7, 11) is 0. The molecule has 172 valence electrons. The molecule has 0 atom stereocenters. The second-order valence-corrected chi connectivity index (χ2v) is 10.1. The van der Waals surface area contributed by atoms with Gasteiger partial charge in [-0.05, 0) is 58.7 Å². The molecule has 0 spiro atoms. The minimum absolute atomic E-state index is 0.144. The lowest BCUT2D eigenvalue weighted by atomic mass is 9.81. The van der Waals surface area contributed by atoms with Crippen molar-refractivity contribution in [2.45, 2.75) is 58.3 Å². The Kier molecular flexibility index (Phi) is 6.22. The Morgan fingerprint density at radius 1 is 0.938 bits per heavy atom. The van der Waals surface area contributed by atoms with Gasteiger partial charge in [-0.15, -0.1) is 0 Å². The summed E-state index contributed by atoms with van der Waals surface area (Å²) in [6, 6.07) is 14.1. The number of nitrogens with one attached hydrogen (secondary N) is 1. The van der Waals surface area contributed by atoms with E-state index < -0.39 is 34.7 Å². The Balaban J connectivity index is 1.88. The standard InChI is InChI=1S/C25H31FN2O4/c1-23(2,3)31-21(29)27-25(15-28(16-25)22(30)32-24(4,5)6)18-12-13-19(20(26)14-18)17-10-8-7-9-11-17/h7-14H,15-16H2,1-6H3,(H,27,29). The zero-order valence-corrected chi connectivity index (χ0v) is 19.5. The monoisotopic (exact) mass is 442 g/mol. The number of nitrogens with zero attached hydrogens (tertiary/aromatic N) is 1. The molecule has 1 saturated heterocycles. The molecule has 0 radical (unpaired) electrons. The predicted octanol–water partition coefficient (Wildman–Crippen LogP) is 5.46. The molecule has 1 N–H and O–H groups in total. The predicted molar refractivity (Wildman–Crippen MR) is 121 cm³/mol. The Bertz CT molecular complexity index is 987. The fourth-order valence-electron chi connectivity index (χ4n) is 3.56. The van der Waals surface area contributed by atoms with E-state index in [1.807, 2.05) is 30.3 Å². The smallest absolute Gasteiger partial charge is 0.410 e. The Labute approximate surface area is 188 Å². The van der Waals surface area contributed by atoms with Crippen LogP contribution in [0.15, 0.2) is 48.5 Å². The molecule has 3 rings (SSSR count). The summed E-state index contributed by atoms with van der Waals surface area (Å²) < 4.78 is 25.9. The summed E-state index contributed by atoms with van der Waals surface area (Å²) in [5, 5.41) is 2.86. The summed E-state index contributed by atoms with van der Waals surface area (Å²) in [5.74, 6) is -0.408. The quantitative estimate of drug-likeness (QED) is 0.685. The molecule has 7 heteroatoms. The van der Waals surface area contributed by atoms with Gasteiger partial charge in [-0.2, -0.15) is 0 Å². The highest BCUT2D eigenvalue weighted by molar-refractivity contribution is 5.74. The molecular weight excluding hydrogens is 411 g/mol. The molecular formula is C25H31FN2O4. The maximum Gasteiger partial charge on any atom is 0.410 e. The number of rotatable bonds is 3. The highest BCUT2D eigenvalue weighted by atomic mass is 19.1. The van der Waals surface area contributed by atoms with E-state index in [2.05, 4.69) is 5.32 Å². The lowest BCUT2D eigenvalue weighted by Crippen LogP contribution is -2.69. The first-order valence-corrected chi connectivity index (χ1v) is 10.6. The number of carbonyl (C=O) groups excluding carboxylic acids is 2. The van der Waals surface area contributed by atoms with E-state index in [0.29, 0.717) is 11.1 Å².